The van der Waals surface area contributed by atoms with Crippen molar-refractivity contribution in [3.63, 3.8) is 0 Å². The lowest BCUT2D eigenvalue weighted by Gasteiger charge is -2.22. The maximum Gasteiger partial charge on any atom is 0.220 e. The summed E-state index contributed by atoms with van der Waals surface area (Å²) in [6.07, 6.45) is 39.5. The fourth-order valence-corrected chi connectivity index (χ4v) is 5.95. The number of aliphatic hydroxyl groups excluding tert-OH is 2. The quantitative estimate of drug-likeness (QED) is 0.0662. The Balaban J connectivity index is 3.28. The zero-order valence-corrected chi connectivity index (χ0v) is 28.1. The summed E-state index contributed by atoms with van der Waals surface area (Å²) in [7, 11) is 0. The minimum Gasteiger partial charge on any atom is -0.394 e. The molecular formula is C37H75NO3. The summed E-state index contributed by atoms with van der Waals surface area (Å²) in [6, 6.07) is -0.525. The zero-order chi connectivity index (χ0) is 30.1. The van der Waals surface area contributed by atoms with Gasteiger partial charge in [0.15, 0.2) is 0 Å². The molecule has 0 radical (unpaired) electrons. The molecule has 1 amide bonds. The van der Waals surface area contributed by atoms with Gasteiger partial charge < -0.3 is 15.5 Å². The summed E-state index contributed by atoms with van der Waals surface area (Å²) in [5, 5.41) is 22.5. The van der Waals surface area contributed by atoms with Gasteiger partial charge >= 0.3 is 0 Å². The number of carbonyl (C=O) groups excluding carboxylic acids is 1. The zero-order valence-electron chi connectivity index (χ0n) is 28.1. The summed E-state index contributed by atoms with van der Waals surface area (Å²) in [6.45, 7) is 4.23. The Bertz CT molecular complexity index is 512. The van der Waals surface area contributed by atoms with Gasteiger partial charge in [0.05, 0.1) is 18.8 Å². The molecule has 2 unspecified atom stereocenters. The van der Waals surface area contributed by atoms with Crippen LogP contribution in [0.5, 0.6) is 0 Å². The number of rotatable bonds is 34. The molecule has 246 valence electrons. The van der Waals surface area contributed by atoms with Gasteiger partial charge in [-0.2, -0.15) is 0 Å². The van der Waals surface area contributed by atoms with Crippen LogP contribution in [0, 0.1) is 0 Å². The number of nitrogens with one attached hydrogen (secondary N) is 1. The molecule has 0 aliphatic rings. The van der Waals surface area contributed by atoms with E-state index in [1.807, 2.05) is 0 Å². The van der Waals surface area contributed by atoms with Gasteiger partial charge in [-0.15, -0.1) is 0 Å². The molecule has 0 saturated heterocycles. The number of hydrogen-bond acceptors (Lipinski definition) is 3. The number of carbonyl (C=O) groups is 1. The second kappa shape index (κ2) is 33.9. The van der Waals surface area contributed by atoms with Gasteiger partial charge in [-0.3, -0.25) is 4.79 Å². The van der Waals surface area contributed by atoms with Gasteiger partial charge in [0.1, 0.15) is 0 Å². The van der Waals surface area contributed by atoms with E-state index in [0.717, 1.165) is 32.1 Å². The first-order valence-corrected chi connectivity index (χ1v) is 18.7. The minimum absolute atomic E-state index is 0.0389. The largest absolute Gasteiger partial charge is 0.394 e. The van der Waals surface area contributed by atoms with Crippen molar-refractivity contribution in [3.8, 4) is 0 Å². The Hall–Kier alpha value is -0.610. The number of aliphatic hydroxyl groups is 2. The van der Waals surface area contributed by atoms with E-state index < -0.39 is 12.1 Å². The molecule has 0 aromatic carbocycles. The van der Waals surface area contributed by atoms with Crippen molar-refractivity contribution in [2.24, 2.45) is 0 Å². The summed E-state index contributed by atoms with van der Waals surface area (Å²) in [5.74, 6) is -0.0389. The molecule has 0 aromatic rings. The van der Waals surface area contributed by atoms with Crippen LogP contribution in [-0.2, 0) is 4.79 Å². The third-order valence-electron chi connectivity index (χ3n) is 8.87. The highest BCUT2D eigenvalue weighted by Crippen LogP contribution is 2.16. The van der Waals surface area contributed by atoms with E-state index in [2.05, 4.69) is 19.2 Å². The molecule has 0 rings (SSSR count). The SMILES string of the molecule is CCCCCCCCCCCCCCCCCCCCCCCCCCCCC(=O)NC(CO)C(O)CCCCC. The molecule has 0 fully saturated rings. The Kier molecular flexibility index (Phi) is 33.4. The van der Waals surface area contributed by atoms with E-state index >= 15 is 0 Å². The number of hydrogen-bond donors (Lipinski definition) is 3. The smallest absolute Gasteiger partial charge is 0.220 e. The summed E-state index contributed by atoms with van der Waals surface area (Å²) in [4.78, 5) is 12.1. The molecular weight excluding hydrogens is 506 g/mol. The normalized spacial score (nSPS) is 13.0. The molecule has 0 spiro atoms. The van der Waals surface area contributed by atoms with E-state index in [1.54, 1.807) is 0 Å². The van der Waals surface area contributed by atoms with Crippen molar-refractivity contribution in [1.29, 1.82) is 0 Å². The topological polar surface area (TPSA) is 69.6 Å². The molecule has 0 saturated carbocycles. The van der Waals surface area contributed by atoms with E-state index in [4.69, 9.17) is 0 Å². The van der Waals surface area contributed by atoms with Gasteiger partial charge in [-0.25, -0.2) is 0 Å². The standard InChI is InChI=1S/C37H75NO3/c1-3-5-7-8-9-10-11-12-13-14-15-16-17-18-19-20-21-22-23-24-25-26-27-28-29-31-33-37(41)38-35(34-39)36(40)32-30-6-4-2/h35-36,39-40H,3-34H2,1-2H3,(H,38,41). The highest BCUT2D eigenvalue weighted by molar-refractivity contribution is 5.76. The third-order valence-corrected chi connectivity index (χ3v) is 8.87. The Morgan fingerprint density at radius 2 is 0.780 bits per heavy atom. The monoisotopic (exact) mass is 582 g/mol. The van der Waals surface area contributed by atoms with E-state index in [-0.39, 0.29) is 12.5 Å². The molecule has 0 heterocycles. The first kappa shape index (κ1) is 40.4. The first-order chi connectivity index (χ1) is 20.2. The van der Waals surface area contributed by atoms with Crippen molar-refractivity contribution in [1.82, 2.24) is 5.32 Å². The van der Waals surface area contributed by atoms with E-state index in [1.165, 1.54) is 154 Å². The highest BCUT2D eigenvalue weighted by atomic mass is 16.3. The fourth-order valence-electron chi connectivity index (χ4n) is 5.95. The summed E-state index contributed by atoms with van der Waals surface area (Å²) >= 11 is 0. The molecule has 0 aliphatic heterocycles. The van der Waals surface area contributed by atoms with Crippen molar-refractivity contribution in [2.75, 3.05) is 6.61 Å². The molecule has 4 nitrogen and oxygen atoms in total. The number of unbranched alkanes of at least 4 members (excludes halogenated alkanes) is 27. The lowest BCUT2D eigenvalue weighted by Crippen LogP contribution is -2.45. The first-order valence-electron chi connectivity index (χ1n) is 18.7. The molecule has 0 bridgehead atoms. The van der Waals surface area contributed by atoms with Crippen LogP contribution in [0.25, 0.3) is 0 Å². The lowest BCUT2D eigenvalue weighted by molar-refractivity contribution is -0.123. The maximum atomic E-state index is 12.1. The van der Waals surface area contributed by atoms with Crippen LogP contribution >= 0.6 is 0 Å². The van der Waals surface area contributed by atoms with Gasteiger partial charge in [0.25, 0.3) is 0 Å². The molecule has 0 aliphatic carbocycles. The predicted octanol–water partition coefficient (Wildman–Crippen LogP) is 11.0. The molecule has 2 atom stereocenters. The molecule has 0 aromatic heterocycles. The summed E-state index contributed by atoms with van der Waals surface area (Å²) < 4.78 is 0. The second-order valence-corrected chi connectivity index (χ2v) is 13.0. The average Bonchev–Trinajstić information content (AvgIpc) is 2.97. The highest BCUT2D eigenvalue weighted by Gasteiger charge is 2.19. The fraction of sp³-hybridized carbons (Fsp3) is 0.973. The van der Waals surface area contributed by atoms with Gasteiger partial charge in [0.2, 0.25) is 5.91 Å². The van der Waals surface area contributed by atoms with Crippen LogP contribution in [-0.4, -0.2) is 34.9 Å². The van der Waals surface area contributed by atoms with Gasteiger partial charge in [0, 0.05) is 6.42 Å². The number of amides is 1. The predicted molar refractivity (Wildman–Crippen MR) is 179 cm³/mol. The second-order valence-electron chi connectivity index (χ2n) is 13.0. The van der Waals surface area contributed by atoms with Crippen LogP contribution in [0.4, 0.5) is 0 Å². The van der Waals surface area contributed by atoms with E-state index in [9.17, 15) is 15.0 Å². The van der Waals surface area contributed by atoms with Crippen LogP contribution in [0.3, 0.4) is 0 Å². The van der Waals surface area contributed by atoms with Crippen molar-refractivity contribution in [3.05, 3.63) is 0 Å². The van der Waals surface area contributed by atoms with Crippen LogP contribution in [0.1, 0.15) is 213 Å². The van der Waals surface area contributed by atoms with Crippen molar-refractivity contribution < 1.29 is 15.0 Å². The van der Waals surface area contributed by atoms with Gasteiger partial charge in [-0.1, -0.05) is 194 Å². The minimum atomic E-state index is -0.649. The molecule has 41 heavy (non-hydrogen) atoms. The van der Waals surface area contributed by atoms with E-state index in [0.29, 0.717) is 12.8 Å². The third kappa shape index (κ3) is 30.6. The Morgan fingerprint density at radius 3 is 1.10 bits per heavy atom. The van der Waals surface area contributed by atoms with Crippen LogP contribution in [0.2, 0.25) is 0 Å². The average molecular weight is 582 g/mol. The molecule has 3 N–H and O–H groups in total. The van der Waals surface area contributed by atoms with Gasteiger partial charge in [-0.05, 0) is 12.8 Å². The maximum absolute atomic E-state index is 12.1. The van der Waals surface area contributed by atoms with Crippen molar-refractivity contribution in [2.45, 2.75) is 225 Å². The van der Waals surface area contributed by atoms with Crippen molar-refractivity contribution >= 4 is 5.91 Å². The van der Waals surface area contributed by atoms with Crippen LogP contribution < -0.4 is 5.32 Å². The molecule has 4 heteroatoms. The Labute approximate surface area is 257 Å². The van der Waals surface area contributed by atoms with Crippen LogP contribution in [0.15, 0.2) is 0 Å². The Morgan fingerprint density at radius 1 is 0.488 bits per heavy atom. The summed E-state index contributed by atoms with van der Waals surface area (Å²) in [5.41, 5.74) is 0. The lowest BCUT2D eigenvalue weighted by atomic mass is 10.0.